The second kappa shape index (κ2) is 9.78. The van der Waals surface area contributed by atoms with Crippen LogP contribution in [0.4, 0.5) is 0 Å². The lowest BCUT2D eigenvalue weighted by molar-refractivity contribution is -0.131. The molecule has 1 aliphatic rings. The highest BCUT2D eigenvalue weighted by Crippen LogP contribution is 2.29. The summed E-state index contributed by atoms with van der Waals surface area (Å²) >= 11 is 0. The first kappa shape index (κ1) is 22.6. The number of ketones is 1. The first-order valence-corrected chi connectivity index (χ1v) is 10.4. The normalized spacial score (nSPS) is 19.4. The second-order valence-corrected chi connectivity index (χ2v) is 8.38. The van der Waals surface area contributed by atoms with Gasteiger partial charge in [-0.2, -0.15) is 0 Å². The molecule has 0 saturated carbocycles. The van der Waals surface area contributed by atoms with Gasteiger partial charge in [0.1, 0.15) is 17.3 Å². The van der Waals surface area contributed by atoms with Gasteiger partial charge in [0.15, 0.2) is 5.78 Å². The molecule has 8 nitrogen and oxygen atoms in total. The van der Waals surface area contributed by atoms with Crippen LogP contribution in [0.5, 0.6) is 0 Å². The maximum atomic E-state index is 13.2. The molecule has 3 unspecified atom stereocenters. The van der Waals surface area contributed by atoms with Crippen LogP contribution in [0.25, 0.3) is 0 Å². The highest BCUT2D eigenvalue weighted by Gasteiger charge is 2.50. The summed E-state index contributed by atoms with van der Waals surface area (Å²) in [4.78, 5) is 46.6. The summed E-state index contributed by atoms with van der Waals surface area (Å²) in [5.41, 5.74) is 0.151. The molecule has 2 N–H and O–H groups in total. The van der Waals surface area contributed by atoms with E-state index in [-0.39, 0.29) is 23.8 Å². The number of hydrogen-bond acceptors (Lipinski definition) is 6. The van der Waals surface area contributed by atoms with Gasteiger partial charge >= 0.3 is 0 Å². The zero-order valence-electron chi connectivity index (χ0n) is 18.0. The molecule has 2 aromatic rings. The van der Waals surface area contributed by atoms with E-state index >= 15 is 0 Å². The number of benzene rings is 1. The van der Waals surface area contributed by atoms with Crippen LogP contribution < -0.4 is 10.6 Å². The summed E-state index contributed by atoms with van der Waals surface area (Å²) in [6.07, 6.45) is 4.97. The summed E-state index contributed by atoms with van der Waals surface area (Å²) in [5, 5.41) is 5.59. The van der Waals surface area contributed by atoms with Crippen LogP contribution in [0, 0.1) is 5.92 Å². The summed E-state index contributed by atoms with van der Waals surface area (Å²) in [6.45, 7) is 6.05. The quantitative estimate of drug-likeness (QED) is 0.561. The van der Waals surface area contributed by atoms with Gasteiger partial charge in [0.05, 0.1) is 18.8 Å². The first-order chi connectivity index (χ1) is 14.8. The van der Waals surface area contributed by atoms with Crippen molar-refractivity contribution in [2.45, 2.75) is 51.3 Å². The highest BCUT2D eigenvalue weighted by molar-refractivity contribution is 5.99. The molecular formula is C23H28N4O4. The van der Waals surface area contributed by atoms with E-state index in [4.69, 9.17) is 4.74 Å². The van der Waals surface area contributed by atoms with E-state index < -0.39 is 29.5 Å². The molecule has 2 heterocycles. The molecule has 3 atom stereocenters. The Hall–Kier alpha value is -3.13. The predicted molar refractivity (Wildman–Crippen MR) is 114 cm³/mol. The molecule has 2 amide bonds. The number of Topliss-reactive ketones (excluding diaryl/α,β-unsaturated/α-hetero) is 1. The molecule has 1 aliphatic heterocycles. The zero-order valence-corrected chi connectivity index (χ0v) is 18.0. The Kier molecular flexibility index (Phi) is 7.12. The van der Waals surface area contributed by atoms with Crippen molar-refractivity contribution in [3.05, 3.63) is 60.2 Å². The van der Waals surface area contributed by atoms with Crippen molar-refractivity contribution in [1.82, 2.24) is 20.6 Å². The van der Waals surface area contributed by atoms with Gasteiger partial charge in [-0.05, 0) is 24.8 Å². The summed E-state index contributed by atoms with van der Waals surface area (Å²) < 4.78 is 5.29. The standard InChI is InChI=1S/C23H28N4O4/c1-15(2)11-17(20(28)23(3)14-31-23)26-21(29)18(12-16-7-5-4-6-8-16)27-22(30)19-13-24-9-10-25-19/h4-10,13,15,17-18H,11-12,14H2,1-3H3,(H,26,29)(H,27,30). The van der Waals surface area contributed by atoms with Crippen LogP contribution in [0.2, 0.25) is 0 Å². The summed E-state index contributed by atoms with van der Waals surface area (Å²) in [5.74, 6) is -0.885. The predicted octanol–water partition coefficient (Wildman–Crippen LogP) is 1.71. The Morgan fingerprint density at radius 1 is 1.10 bits per heavy atom. The Labute approximate surface area is 181 Å². The van der Waals surface area contributed by atoms with Crippen molar-refractivity contribution in [1.29, 1.82) is 0 Å². The lowest BCUT2D eigenvalue weighted by atomic mass is 9.93. The van der Waals surface area contributed by atoms with E-state index in [1.54, 1.807) is 6.92 Å². The van der Waals surface area contributed by atoms with Crippen LogP contribution in [0.3, 0.4) is 0 Å². The van der Waals surface area contributed by atoms with Crippen LogP contribution in [-0.4, -0.2) is 51.9 Å². The molecule has 0 aliphatic carbocycles. The van der Waals surface area contributed by atoms with E-state index in [1.165, 1.54) is 18.6 Å². The van der Waals surface area contributed by atoms with E-state index in [1.807, 2.05) is 44.2 Å². The Bertz CT molecular complexity index is 914. The molecule has 0 spiro atoms. The average molecular weight is 425 g/mol. The first-order valence-electron chi connectivity index (χ1n) is 10.4. The molecule has 1 saturated heterocycles. The third-order valence-electron chi connectivity index (χ3n) is 5.14. The summed E-state index contributed by atoms with van der Waals surface area (Å²) in [7, 11) is 0. The largest absolute Gasteiger partial charge is 0.361 e. The molecule has 1 aromatic carbocycles. The molecule has 8 heteroatoms. The number of carbonyl (C=O) groups excluding carboxylic acids is 3. The second-order valence-electron chi connectivity index (χ2n) is 8.38. The van der Waals surface area contributed by atoms with Gasteiger partial charge in [-0.3, -0.25) is 19.4 Å². The van der Waals surface area contributed by atoms with Crippen LogP contribution in [-0.2, 0) is 20.7 Å². The molecular weight excluding hydrogens is 396 g/mol. The minimum absolute atomic E-state index is 0.113. The SMILES string of the molecule is CC(C)CC(NC(=O)C(Cc1ccccc1)NC(=O)c1cnccn1)C(=O)C1(C)CO1. The number of carbonyl (C=O) groups is 3. The van der Waals surface area contributed by atoms with Crippen LogP contribution in [0.15, 0.2) is 48.9 Å². The van der Waals surface area contributed by atoms with Crippen molar-refractivity contribution < 1.29 is 19.1 Å². The molecule has 164 valence electrons. The van der Waals surface area contributed by atoms with Gasteiger partial charge < -0.3 is 15.4 Å². The van der Waals surface area contributed by atoms with Gasteiger partial charge in [-0.25, -0.2) is 4.98 Å². The molecule has 1 aromatic heterocycles. The molecule has 0 radical (unpaired) electrons. The molecule has 1 fully saturated rings. The smallest absolute Gasteiger partial charge is 0.272 e. The highest BCUT2D eigenvalue weighted by atomic mass is 16.6. The number of epoxide rings is 1. The van der Waals surface area contributed by atoms with Crippen molar-refractivity contribution in [3.63, 3.8) is 0 Å². The van der Waals surface area contributed by atoms with E-state index in [9.17, 15) is 14.4 Å². The van der Waals surface area contributed by atoms with E-state index in [0.29, 0.717) is 13.0 Å². The van der Waals surface area contributed by atoms with Crippen molar-refractivity contribution >= 4 is 17.6 Å². The van der Waals surface area contributed by atoms with Crippen LogP contribution >= 0.6 is 0 Å². The average Bonchev–Trinajstić information content (AvgIpc) is 3.51. The lowest BCUT2D eigenvalue weighted by Crippen LogP contribution is -2.54. The number of ether oxygens (including phenoxy) is 1. The van der Waals surface area contributed by atoms with Crippen molar-refractivity contribution in [2.75, 3.05) is 6.61 Å². The van der Waals surface area contributed by atoms with Gasteiger partial charge in [-0.1, -0.05) is 44.2 Å². The van der Waals surface area contributed by atoms with E-state index in [2.05, 4.69) is 20.6 Å². The zero-order chi connectivity index (χ0) is 22.4. The van der Waals surface area contributed by atoms with Crippen molar-refractivity contribution in [3.8, 4) is 0 Å². The monoisotopic (exact) mass is 424 g/mol. The van der Waals surface area contributed by atoms with Gasteiger partial charge in [0.2, 0.25) is 5.91 Å². The summed E-state index contributed by atoms with van der Waals surface area (Å²) in [6, 6.07) is 7.80. The number of rotatable bonds is 10. The number of hydrogen-bond donors (Lipinski definition) is 2. The fraction of sp³-hybridized carbons (Fsp3) is 0.435. The third-order valence-corrected chi connectivity index (χ3v) is 5.14. The minimum Gasteiger partial charge on any atom is -0.361 e. The molecule has 3 rings (SSSR count). The Morgan fingerprint density at radius 2 is 1.81 bits per heavy atom. The maximum absolute atomic E-state index is 13.2. The van der Waals surface area contributed by atoms with E-state index in [0.717, 1.165) is 5.56 Å². The number of nitrogens with zero attached hydrogens (tertiary/aromatic N) is 2. The van der Waals surface area contributed by atoms with Gasteiger partial charge in [0.25, 0.3) is 5.91 Å². The Morgan fingerprint density at radius 3 is 2.39 bits per heavy atom. The van der Waals surface area contributed by atoms with Gasteiger partial charge in [0, 0.05) is 18.8 Å². The Balaban J connectivity index is 1.78. The van der Waals surface area contributed by atoms with Gasteiger partial charge in [-0.15, -0.1) is 0 Å². The number of amides is 2. The third kappa shape index (κ3) is 6.18. The maximum Gasteiger partial charge on any atom is 0.272 e. The topological polar surface area (TPSA) is 114 Å². The number of aromatic nitrogens is 2. The molecule has 0 bridgehead atoms. The minimum atomic E-state index is -0.882. The fourth-order valence-electron chi connectivity index (χ4n) is 3.30. The molecule has 31 heavy (non-hydrogen) atoms. The number of nitrogens with one attached hydrogen (secondary N) is 2. The van der Waals surface area contributed by atoms with Crippen LogP contribution in [0.1, 0.15) is 43.2 Å². The fourth-order valence-corrected chi connectivity index (χ4v) is 3.30. The lowest BCUT2D eigenvalue weighted by Gasteiger charge is -2.25. The van der Waals surface area contributed by atoms with Crippen molar-refractivity contribution in [2.24, 2.45) is 5.92 Å².